The van der Waals surface area contributed by atoms with Crippen LogP contribution in [0.15, 0.2) is 358 Å². The molecule has 424 valence electrons. The van der Waals surface area contributed by atoms with E-state index >= 15 is 0 Å². The summed E-state index contributed by atoms with van der Waals surface area (Å²) in [4.78, 5) is 2.49. The van der Waals surface area contributed by atoms with Gasteiger partial charge in [0.1, 0.15) is 0 Å². The number of benzene rings is 16. The summed E-state index contributed by atoms with van der Waals surface area (Å²) in [6.45, 7) is 0. The topological polar surface area (TPSA) is 3.24 Å². The van der Waals surface area contributed by atoms with E-state index in [4.69, 9.17) is 0 Å². The highest BCUT2D eigenvalue weighted by Crippen LogP contribution is 2.61. The van der Waals surface area contributed by atoms with E-state index < -0.39 is 10.8 Å². The summed E-state index contributed by atoms with van der Waals surface area (Å²) in [5, 5.41) is 9.52. The van der Waals surface area contributed by atoms with Crippen LogP contribution in [0.1, 0.15) is 44.5 Å². The van der Waals surface area contributed by atoms with Crippen molar-refractivity contribution in [2.45, 2.75) is 10.8 Å². The van der Waals surface area contributed by atoms with Crippen LogP contribution in [-0.4, -0.2) is 0 Å². The highest BCUT2D eigenvalue weighted by atomic mass is 15.1. The fourth-order valence-corrected chi connectivity index (χ4v) is 16.4. The number of rotatable bonds is 10. The van der Waals surface area contributed by atoms with Crippen molar-refractivity contribution < 1.29 is 0 Å². The molecular weight excluding hydrogens is 1090 g/mol. The molecule has 0 bridgehead atoms. The van der Waals surface area contributed by atoms with Crippen LogP contribution in [0.4, 0.5) is 17.1 Å². The molecule has 0 atom stereocenters. The molecule has 1 nitrogen and oxygen atoms in total. The molecule has 0 fully saturated rings. The maximum absolute atomic E-state index is 2.59. The normalized spacial score (nSPS) is 13.2. The molecule has 2 aliphatic rings. The van der Waals surface area contributed by atoms with Crippen molar-refractivity contribution >= 4 is 60.2 Å². The highest BCUT2D eigenvalue weighted by Gasteiger charge is 2.48. The summed E-state index contributed by atoms with van der Waals surface area (Å²) in [5.74, 6) is 0. The second kappa shape index (κ2) is 21.0. The Hall–Kier alpha value is -11.6. The van der Waals surface area contributed by atoms with Crippen LogP contribution in [0.3, 0.4) is 0 Å². The summed E-state index contributed by atoms with van der Waals surface area (Å²) in [7, 11) is 0. The fraction of sp³-hybridized carbons (Fsp3) is 0.0222. The zero-order valence-corrected chi connectivity index (χ0v) is 50.0. The zero-order chi connectivity index (χ0) is 60.0. The van der Waals surface area contributed by atoms with Crippen molar-refractivity contribution in [1.82, 2.24) is 0 Å². The van der Waals surface area contributed by atoms with E-state index in [0.717, 1.165) is 22.6 Å². The van der Waals surface area contributed by atoms with Crippen LogP contribution < -0.4 is 4.90 Å². The number of para-hydroxylation sites is 2. The lowest BCUT2D eigenvalue weighted by atomic mass is 9.67. The number of hydrogen-bond acceptors (Lipinski definition) is 1. The van der Waals surface area contributed by atoms with E-state index in [1.165, 1.54) is 138 Å². The Morgan fingerprint density at radius 1 is 0.187 bits per heavy atom. The number of anilines is 3. The van der Waals surface area contributed by atoms with Gasteiger partial charge in [0.05, 0.1) is 16.5 Å². The molecule has 0 saturated carbocycles. The third-order valence-corrected chi connectivity index (χ3v) is 19.9. The molecule has 18 rings (SSSR count). The van der Waals surface area contributed by atoms with Gasteiger partial charge >= 0.3 is 0 Å². The Balaban J connectivity index is 1.01. The molecule has 0 aromatic heterocycles. The van der Waals surface area contributed by atoms with Gasteiger partial charge in [-0.15, -0.1) is 0 Å². The number of nitrogens with zero attached hydrogens (tertiary/aromatic N) is 1. The summed E-state index contributed by atoms with van der Waals surface area (Å²) in [6, 6.07) is 134. The molecule has 0 spiro atoms. The maximum atomic E-state index is 2.59. The summed E-state index contributed by atoms with van der Waals surface area (Å²) in [6.07, 6.45) is 0. The largest absolute Gasteiger partial charge is 0.309 e. The lowest BCUT2D eigenvalue weighted by molar-refractivity contribution is 0.769. The molecule has 0 unspecified atom stereocenters. The molecule has 2 aliphatic carbocycles. The predicted molar refractivity (Wildman–Crippen MR) is 382 cm³/mol. The van der Waals surface area contributed by atoms with Gasteiger partial charge in [-0.2, -0.15) is 0 Å². The van der Waals surface area contributed by atoms with Crippen molar-refractivity contribution in [2.24, 2.45) is 0 Å². The lowest BCUT2D eigenvalue weighted by Gasteiger charge is -2.34. The van der Waals surface area contributed by atoms with Gasteiger partial charge in [0.2, 0.25) is 0 Å². The predicted octanol–water partition coefficient (Wildman–Crippen LogP) is 23.5. The molecular formula is C90H59N. The number of fused-ring (bicyclic) bond motifs is 11. The Labute approximate surface area is 530 Å². The summed E-state index contributed by atoms with van der Waals surface area (Å²) in [5.41, 5.74) is 24.4. The van der Waals surface area contributed by atoms with Crippen molar-refractivity contribution in [3.8, 4) is 55.6 Å². The van der Waals surface area contributed by atoms with Crippen LogP contribution in [0.5, 0.6) is 0 Å². The van der Waals surface area contributed by atoms with Gasteiger partial charge in [-0.1, -0.05) is 309 Å². The molecule has 0 saturated heterocycles. The van der Waals surface area contributed by atoms with E-state index in [-0.39, 0.29) is 0 Å². The van der Waals surface area contributed by atoms with E-state index in [1.807, 2.05) is 0 Å². The summed E-state index contributed by atoms with van der Waals surface area (Å²) < 4.78 is 0. The fourth-order valence-electron chi connectivity index (χ4n) is 16.4. The lowest BCUT2D eigenvalue weighted by Crippen LogP contribution is -2.28. The van der Waals surface area contributed by atoms with Gasteiger partial charge < -0.3 is 4.90 Å². The first-order valence-electron chi connectivity index (χ1n) is 31.7. The quantitative estimate of drug-likeness (QED) is 0.0974. The molecule has 0 N–H and O–H groups in total. The van der Waals surface area contributed by atoms with Crippen LogP contribution >= 0.6 is 0 Å². The molecule has 0 aliphatic heterocycles. The average molecular weight is 1150 g/mol. The average Bonchev–Trinajstić information content (AvgIpc) is 1.67. The van der Waals surface area contributed by atoms with Crippen LogP contribution in [0.2, 0.25) is 0 Å². The maximum Gasteiger partial charge on any atom is 0.0713 e. The second-order valence-corrected chi connectivity index (χ2v) is 24.5. The van der Waals surface area contributed by atoms with Crippen molar-refractivity contribution in [2.75, 3.05) is 4.90 Å². The standard InChI is InChI=1S/C90H59N/c1-8-30-60(31-9-1)87-78-59-80-79(58-77(78)69-44-22-25-49-76(69)88(87)91(67-40-18-6-19-41-67)68-42-20-7-21-43-68)85(61-52-54-72-70-45-26-28-50-81(70)89(83(72)56-61,63-32-10-2-11-33-63)64-34-12-3-13-35-64)74-47-23-24-48-75(74)86(80)62-53-55-73-71-46-27-29-51-82(71)90(84(73)57-62,65-36-14-4-15-37-65)66-38-16-5-17-39-66/h1-59H. The Bertz CT molecular complexity index is 5370. The zero-order valence-electron chi connectivity index (χ0n) is 50.0. The van der Waals surface area contributed by atoms with E-state index in [2.05, 4.69) is 363 Å². The van der Waals surface area contributed by atoms with Gasteiger partial charge in [0.25, 0.3) is 0 Å². The molecule has 0 amide bonds. The molecule has 0 heterocycles. The first-order valence-corrected chi connectivity index (χ1v) is 31.7. The van der Waals surface area contributed by atoms with Crippen LogP contribution in [0, 0.1) is 0 Å². The first kappa shape index (κ1) is 52.5. The third kappa shape index (κ3) is 7.78. The highest BCUT2D eigenvalue weighted by molar-refractivity contribution is 6.30. The van der Waals surface area contributed by atoms with Gasteiger partial charge in [0.15, 0.2) is 0 Å². The van der Waals surface area contributed by atoms with Gasteiger partial charge in [-0.25, -0.2) is 0 Å². The van der Waals surface area contributed by atoms with Gasteiger partial charge in [-0.05, 0) is 181 Å². The minimum absolute atomic E-state index is 0.588. The van der Waals surface area contributed by atoms with Crippen molar-refractivity contribution in [3.05, 3.63) is 402 Å². The molecule has 1 heteroatoms. The molecule has 16 aromatic carbocycles. The molecule has 0 radical (unpaired) electrons. The molecule has 16 aromatic rings. The smallest absolute Gasteiger partial charge is 0.0713 e. The van der Waals surface area contributed by atoms with Crippen molar-refractivity contribution in [3.63, 3.8) is 0 Å². The Morgan fingerprint density at radius 2 is 0.505 bits per heavy atom. The van der Waals surface area contributed by atoms with Crippen LogP contribution in [-0.2, 0) is 10.8 Å². The van der Waals surface area contributed by atoms with E-state index in [0.29, 0.717) is 0 Å². The monoisotopic (exact) mass is 1150 g/mol. The van der Waals surface area contributed by atoms with E-state index in [9.17, 15) is 0 Å². The minimum atomic E-state index is -0.596. The Morgan fingerprint density at radius 3 is 0.934 bits per heavy atom. The van der Waals surface area contributed by atoms with Crippen molar-refractivity contribution in [1.29, 1.82) is 0 Å². The summed E-state index contributed by atoms with van der Waals surface area (Å²) >= 11 is 0. The first-order chi connectivity index (χ1) is 45.2. The van der Waals surface area contributed by atoms with Gasteiger partial charge in [-0.3, -0.25) is 0 Å². The second-order valence-electron chi connectivity index (χ2n) is 24.5. The SMILES string of the molecule is c1ccc(-c2c(N(c3ccccc3)c3ccccc3)c3ccccc3c3cc4c(-c5ccc6c(c5)C(c5ccccc5)(c5ccccc5)c5ccccc5-6)c5ccccc5c(-c5ccc6c(c5)C(c5ccccc5)(c5ccccc5)c5ccccc5-6)c4cc23)cc1. The Kier molecular flexibility index (Phi) is 12.1. The third-order valence-electron chi connectivity index (χ3n) is 19.9. The number of hydrogen-bond donors (Lipinski definition) is 0. The van der Waals surface area contributed by atoms with Crippen LogP contribution in [0.25, 0.3) is 98.7 Å². The van der Waals surface area contributed by atoms with E-state index in [1.54, 1.807) is 0 Å². The minimum Gasteiger partial charge on any atom is -0.309 e. The van der Waals surface area contributed by atoms with Gasteiger partial charge in [0, 0.05) is 22.3 Å². The molecule has 91 heavy (non-hydrogen) atoms.